The van der Waals surface area contributed by atoms with Gasteiger partial charge in [-0.25, -0.2) is 0 Å². The van der Waals surface area contributed by atoms with E-state index in [1.54, 1.807) is 31.2 Å². The molecule has 0 radical (unpaired) electrons. The maximum atomic E-state index is 12.2. The van der Waals surface area contributed by atoms with Crippen LogP contribution in [0.3, 0.4) is 0 Å². The van der Waals surface area contributed by atoms with Crippen LogP contribution < -0.4 is 10.6 Å². The number of fused-ring (bicyclic) bond motifs is 1. The van der Waals surface area contributed by atoms with Crippen LogP contribution in [0.1, 0.15) is 18.4 Å². The second-order valence-electron chi connectivity index (χ2n) is 6.70. The summed E-state index contributed by atoms with van der Waals surface area (Å²) in [6.07, 6.45) is -0.169. The third-order valence-electron chi connectivity index (χ3n) is 4.53. The predicted molar refractivity (Wildman–Crippen MR) is 118 cm³/mol. The van der Waals surface area contributed by atoms with E-state index < -0.39 is 18.5 Å². The molecule has 0 aliphatic heterocycles. The molecule has 2 N–H and O–H groups in total. The smallest absolute Gasteiger partial charge is 0.306 e. The summed E-state index contributed by atoms with van der Waals surface area (Å²) in [5, 5.41) is 7.91. The first-order valence-electron chi connectivity index (χ1n) is 9.42. The van der Waals surface area contributed by atoms with Crippen LogP contribution in [0.5, 0.6) is 0 Å². The molecule has 0 atom stereocenters. The minimum atomic E-state index is -0.624. The van der Waals surface area contributed by atoms with E-state index >= 15 is 0 Å². The average Bonchev–Trinajstić information content (AvgIpc) is 2.74. The summed E-state index contributed by atoms with van der Waals surface area (Å²) in [7, 11) is 0. The van der Waals surface area contributed by atoms with Crippen molar-refractivity contribution in [1.82, 2.24) is 0 Å². The van der Waals surface area contributed by atoms with Gasteiger partial charge >= 0.3 is 5.97 Å². The number of carbonyl (C=O) groups is 3. The minimum absolute atomic E-state index is 0.0446. The fraction of sp³-hybridized carbons (Fsp3) is 0.174. The normalized spacial score (nSPS) is 10.5. The van der Waals surface area contributed by atoms with Crippen LogP contribution in [0.15, 0.2) is 60.7 Å². The number of hydrogen-bond donors (Lipinski definition) is 2. The molecular formula is C23H21ClN2O4. The van der Waals surface area contributed by atoms with Gasteiger partial charge in [0.15, 0.2) is 6.61 Å². The number of amides is 2. The molecule has 3 aromatic rings. The molecule has 154 valence electrons. The topological polar surface area (TPSA) is 84.5 Å². The Morgan fingerprint density at radius 2 is 1.50 bits per heavy atom. The second kappa shape index (κ2) is 9.89. The van der Waals surface area contributed by atoms with Gasteiger partial charge in [0.25, 0.3) is 5.91 Å². The third kappa shape index (κ3) is 5.58. The predicted octanol–water partition coefficient (Wildman–Crippen LogP) is 4.70. The Labute approximate surface area is 179 Å². The fourth-order valence-electron chi connectivity index (χ4n) is 2.91. The standard InChI is InChI=1S/C23H21ClN2O4/c1-15-18(24)9-5-10-19(15)25-22(28)14-30-23(29)13-12-21(27)26-20-11-4-7-16-6-2-3-8-17(16)20/h2-11H,12-14H2,1H3,(H,25,28)(H,26,27). The number of rotatable bonds is 7. The molecule has 3 aromatic carbocycles. The van der Waals surface area contributed by atoms with Gasteiger partial charge in [0, 0.05) is 28.2 Å². The highest BCUT2D eigenvalue weighted by atomic mass is 35.5. The van der Waals surface area contributed by atoms with E-state index in [9.17, 15) is 14.4 Å². The van der Waals surface area contributed by atoms with E-state index in [0.29, 0.717) is 16.4 Å². The van der Waals surface area contributed by atoms with Crippen molar-refractivity contribution in [3.05, 3.63) is 71.2 Å². The zero-order valence-corrected chi connectivity index (χ0v) is 17.2. The molecule has 7 heteroatoms. The van der Waals surface area contributed by atoms with Gasteiger partial charge < -0.3 is 15.4 Å². The van der Waals surface area contributed by atoms with Gasteiger partial charge in [-0.15, -0.1) is 0 Å². The number of halogens is 1. The number of esters is 1. The number of anilines is 2. The zero-order valence-electron chi connectivity index (χ0n) is 16.4. The molecule has 0 saturated carbocycles. The lowest BCUT2D eigenvalue weighted by Gasteiger charge is -2.10. The molecule has 0 spiro atoms. The number of nitrogens with one attached hydrogen (secondary N) is 2. The van der Waals surface area contributed by atoms with Crippen LogP contribution in [-0.2, 0) is 19.1 Å². The van der Waals surface area contributed by atoms with Crippen LogP contribution >= 0.6 is 11.6 Å². The number of ether oxygens (including phenoxy) is 1. The molecule has 6 nitrogen and oxygen atoms in total. The summed E-state index contributed by atoms with van der Waals surface area (Å²) in [6.45, 7) is 1.34. The molecule has 0 aromatic heterocycles. The molecule has 0 heterocycles. The lowest BCUT2D eigenvalue weighted by Crippen LogP contribution is -2.22. The molecule has 0 fully saturated rings. The molecule has 0 aliphatic carbocycles. The van der Waals surface area contributed by atoms with Gasteiger partial charge in [0.1, 0.15) is 0 Å². The number of benzene rings is 3. The van der Waals surface area contributed by atoms with E-state index in [-0.39, 0.29) is 18.7 Å². The largest absolute Gasteiger partial charge is 0.456 e. The Morgan fingerprint density at radius 1 is 0.833 bits per heavy atom. The highest BCUT2D eigenvalue weighted by Gasteiger charge is 2.13. The molecular weight excluding hydrogens is 404 g/mol. The van der Waals surface area contributed by atoms with E-state index in [0.717, 1.165) is 16.3 Å². The molecule has 0 aliphatic rings. The Balaban J connectivity index is 1.44. The molecule has 3 rings (SSSR count). The number of carbonyl (C=O) groups excluding carboxylic acids is 3. The van der Waals surface area contributed by atoms with Crippen molar-refractivity contribution in [3.63, 3.8) is 0 Å². The van der Waals surface area contributed by atoms with E-state index in [1.165, 1.54) is 0 Å². The summed E-state index contributed by atoms with van der Waals surface area (Å²) in [4.78, 5) is 36.1. The third-order valence-corrected chi connectivity index (χ3v) is 4.94. The fourth-order valence-corrected chi connectivity index (χ4v) is 3.08. The van der Waals surface area contributed by atoms with Crippen LogP contribution in [-0.4, -0.2) is 24.4 Å². The van der Waals surface area contributed by atoms with Crippen LogP contribution in [0.2, 0.25) is 5.02 Å². The van der Waals surface area contributed by atoms with Crippen molar-refractivity contribution in [2.45, 2.75) is 19.8 Å². The van der Waals surface area contributed by atoms with Crippen LogP contribution in [0.25, 0.3) is 10.8 Å². The van der Waals surface area contributed by atoms with Gasteiger partial charge in [0.2, 0.25) is 5.91 Å². The van der Waals surface area contributed by atoms with Crippen molar-refractivity contribution in [3.8, 4) is 0 Å². The first-order valence-corrected chi connectivity index (χ1v) is 9.80. The van der Waals surface area contributed by atoms with Crippen LogP contribution in [0.4, 0.5) is 11.4 Å². The SMILES string of the molecule is Cc1c(Cl)cccc1NC(=O)COC(=O)CCC(=O)Nc1cccc2ccccc12. The second-order valence-corrected chi connectivity index (χ2v) is 7.10. The van der Waals surface area contributed by atoms with Crippen molar-refractivity contribution in [2.75, 3.05) is 17.2 Å². The van der Waals surface area contributed by atoms with Gasteiger partial charge in [-0.1, -0.05) is 54.1 Å². The summed E-state index contributed by atoms with van der Waals surface area (Å²) < 4.78 is 4.95. The number of hydrogen-bond acceptors (Lipinski definition) is 4. The summed E-state index contributed by atoms with van der Waals surface area (Å²) >= 11 is 6.01. The van der Waals surface area contributed by atoms with Gasteiger partial charge in [-0.3, -0.25) is 14.4 Å². The highest BCUT2D eigenvalue weighted by Crippen LogP contribution is 2.24. The molecule has 30 heavy (non-hydrogen) atoms. The van der Waals surface area contributed by atoms with Crippen molar-refractivity contribution in [2.24, 2.45) is 0 Å². The van der Waals surface area contributed by atoms with Crippen molar-refractivity contribution >= 4 is 51.5 Å². The quantitative estimate of drug-likeness (QED) is 0.538. The molecule has 0 unspecified atom stereocenters. The highest BCUT2D eigenvalue weighted by molar-refractivity contribution is 6.31. The van der Waals surface area contributed by atoms with E-state index in [2.05, 4.69) is 10.6 Å². The van der Waals surface area contributed by atoms with Gasteiger partial charge in [-0.2, -0.15) is 0 Å². The molecule has 0 bridgehead atoms. The Morgan fingerprint density at radius 3 is 2.33 bits per heavy atom. The maximum Gasteiger partial charge on any atom is 0.306 e. The van der Waals surface area contributed by atoms with Crippen LogP contribution in [0, 0.1) is 6.92 Å². The Hall–Kier alpha value is -3.38. The van der Waals surface area contributed by atoms with E-state index in [1.807, 2.05) is 36.4 Å². The summed E-state index contributed by atoms with van der Waals surface area (Å²) in [6, 6.07) is 18.4. The average molecular weight is 425 g/mol. The molecule has 0 saturated heterocycles. The maximum absolute atomic E-state index is 12.2. The summed E-state index contributed by atoms with van der Waals surface area (Å²) in [5.74, 6) is -1.41. The monoisotopic (exact) mass is 424 g/mol. The Bertz CT molecular complexity index is 1090. The summed E-state index contributed by atoms with van der Waals surface area (Å²) in [5.41, 5.74) is 1.96. The first kappa shape index (κ1) is 21.3. The lowest BCUT2D eigenvalue weighted by atomic mass is 10.1. The molecule has 2 amide bonds. The van der Waals surface area contributed by atoms with E-state index in [4.69, 9.17) is 16.3 Å². The zero-order chi connectivity index (χ0) is 21.5. The van der Waals surface area contributed by atoms with Gasteiger partial charge in [0.05, 0.1) is 6.42 Å². The first-order chi connectivity index (χ1) is 14.4. The van der Waals surface area contributed by atoms with Crippen molar-refractivity contribution < 1.29 is 19.1 Å². The van der Waals surface area contributed by atoms with Crippen molar-refractivity contribution in [1.29, 1.82) is 0 Å². The van der Waals surface area contributed by atoms with Gasteiger partial charge in [-0.05, 0) is 36.1 Å². The lowest BCUT2D eigenvalue weighted by molar-refractivity contribution is -0.147. The minimum Gasteiger partial charge on any atom is -0.456 e. The Kier molecular flexibility index (Phi) is 7.03.